The number of rotatable bonds is 12. The minimum Gasteiger partial charge on any atom is -0.492 e. The van der Waals surface area contributed by atoms with Gasteiger partial charge in [-0.1, -0.05) is 59.2 Å². The molecule has 0 saturated heterocycles. The number of ether oxygens (including phenoxy) is 2. The molecule has 0 fully saturated rings. The van der Waals surface area contributed by atoms with Crippen molar-refractivity contribution in [1.82, 2.24) is 19.6 Å². The van der Waals surface area contributed by atoms with Crippen molar-refractivity contribution < 1.29 is 31.2 Å². The molecule has 6 heterocycles. The van der Waals surface area contributed by atoms with Crippen molar-refractivity contribution in [1.29, 1.82) is 0 Å². The Morgan fingerprint density at radius 1 is 0.741 bits per heavy atom. The first-order valence-electron chi connectivity index (χ1n) is 18.2. The first kappa shape index (κ1) is 41.0. The van der Waals surface area contributed by atoms with Crippen molar-refractivity contribution in [3.05, 3.63) is 109 Å². The van der Waals surface area contributed by atoms with E-state index in [2.05, 4.69) is 5.10 Å². The number of halogens is 6. The minimum absolute atomic E-state index is 0.0837. The smallest absolute Gasteiger partial charge is 0.304 e. The number of allylic oxidation sites excluding steroid dienone is 2. The third-order valence-corrected chi connectivity index (χ3v) is 14.1. The summed E-state index contributed by atoms with van der Waals surface area (Å²) in [6.45, 7) is 0.511. The lowest BCUT2D eigenvalue weighted by molar-refractivity contribution is 0.326. The summed E-state index contributed by atoms with van der Waals surface area (Å²) in [7, 11) is -4.53. The van der Waals surface area contributed by atoms with Gasteiger partial charge in [0.25, 0.3) is 0 Å². The topological polar surface area (TPSA) is 108 Å². The van der Waals surface area contributed by atoms with Crippen molar-refractivity contribution in [2.24, 2.45) is 0 Å². The average Bonchev–Trinajstić information content (AvgIpc) is 3.94. The number of thiophene rings is 2. The van der Waals surface area contributed by atoms with Gasteiger partial charge in [0.2, 0.25) is 0 Å². The highest BCUT2D eigenvalue weighted by Gasteiger charge is 2.32. The van der Waals surface area contributed by atoms with Crippen LogP contribution in [0.1, 0.15) is 61.0 Å². The number of aromatic nitrogens is 4. The molecule has 1 N–H and O–H groups in total. The van der Waals surface area contributed by atoms with Gasteiger partial charge in [0, 0.05) is 40.1 Å². The SMILES string of the molecule is O=S(=O)(O)c1cc2c(s1)-c1c(c(C(F)=CCCCCCCC=C(F)c3nn(-c4ccc(Cl)cc4Cl)c4c3CCOc3ccsc3-4)nn1-c1ccc(Cl)cc1Cl)CCO2. The molecule has 0 amide bonds. The summed E-state index contributed by atoms with van der Waals surface area (Å²) in [6.07, 6.45) is 7.71. The van der Waals surface area contributed by atoms with Gasteiger partial charge in [-0.15, -0.1) is 22.7 Å². The second-order valence-electron chi connectivity index (χ2n) is 13.5. The Balaban J connectivity index is 0.954. The van der Waals surface area contributed by atoms with Crippen LogP contribution in [0.3, 0.4) is 0 Å². The molecule has 58 heavy (non-hydrogen) atoms. The summed E-state index contributed by atoms with van der Waals surface area (Å²) >= 11 is 27.8. The molecule has 0 radical (unpaired) electrons. The lowest BCUT2D eigenvalue weighted by atomic mass is 10.1. The summed E-state index contributed by atoms with van der Waals surface area (Å²) < 4.78 is 80.4. The van der Waals surface area contributed by atoms with Crippen molar-refractivity contribution in [3.63, 3.8) is 0 Å². The van der Waals surface area contributed by atoms with Crippen LogP contribution in [-0.2, 0) is 23.0 Å². The Labute approximate surface area is 360 Å². The lowest BCUT2D eigenvalue weighted by Crippen LogP contribution is -2.01. The van der Waals surface area contributed by atoms with E-state index >= 15 is 8.78 Å². The van der Waals surface area contributed by atoms with Gasteiger partial charge < -0.3 is 9.47 Å². The molecule has 4 aromatic heterocycles. The predicted molar refractivity (Wildman–Crippen MR) is 228 cm³/mol. The average molecular weight is 925 g/mol. The fraction of sp³-hybridized carbons (Fsp3) is 0.250. The van der Waals surface area contributed by atoms with Crippen LogP contribution in [0.2, 0.25) is 20.1 Å². The lowest BCUT2D eigenvalue weighted by Gasteiger charge is -2.09. The summed E-state index contributed by atoms with van der Waals surface area (Å²) in [4.78, 5) is 1.22. The van der Waals surface area contributed by atoms with Gasteiger partial charge >= 0.3 is 10.1 Å². The third-order valence-electron chi connectivity index (χ3n) is 9.71. The minimum atomic E-state index is -4.53. The van der Waals surface area contributed by atoms with E-state index in [1.165, 1.54) is 34.2 Å². The molecule has 0 atom stereocenters. The van der Waals surface area contributed by atoms with Gasteiger partial charge in [-0.25, -0.2) is 18.1 Å². The molecule has 0 spiro atoms. The van der Waals surface area contributed by atoms with Crippen LogP contribution in [0.4, 0.5) is 8.78 Å². The zero-order chi connectivity index (χ0) is 40.7. The summed E-state index contributed by atoms with van der Waals surface area (Å²) in [5.74, 6) is -0.0138. The Morgan fingerprint density at radius 2 is 1.26 bits per heavy atom. The largest absolute Gasteiger partial charge is 0.492 e. The Kier molecular flexibility index (Phi) is 12.1. The molecule has 0 saturated carbocycles. The monoisotopic (exact) mass is 922 g/mol. The molecule has 2 aliphatic rings. The fourth-order valence-electron chi connectivity index (χ4n) is 7.03. The van der Waals surface area contributed by atoms with E-state index in [9.17, 15) is 13.0 Å². The first-order valence-corrected chi connectivity index (χ1v) is 22.9. The number of unbranched alkanes of at least 4 members (excludes halogenated alkanes) is 5. The number of hydrogen-bond donors (Lipinski definition) is 1. The molecule has 18 heteroatoms. The second kappa shape index (κ2) is 17.1. The van der Waals surface area contributed by atoms with Crippen LogP contribution in [0, 0.1) is 0 Å². The molecule has 9 nitrogen and oxygen atoms in total. The number of fused-ring (bicyclic) bond motifs is 6. The number of nitrogens with zero attached hydrogens (tertiary/aromatic N) is 4. The van der Waals surface area contributed by atoms with Gasteiger partial charge in [0.15, 0.2) is 4.21 Å². The fourth-order valence-corrected chi connectivity index (χ4v) is 10.7. The molecule has 0 aliphatic carbocycles. The Bertz CT molecular complexity index is 2720. The zero-order valence-electron chi connectivity index (χ0n) is 30.3. The highest BCUT2D eigenvalue weighted by Crippen LogP contribution is 2.47. The number of benzene rings is 2. The molecule has 2 aromatic carbocycles. The maximum atomic E-state index is 16.0. The van der Waals surface area contributed by atoms with Gasteiger partial charge in [0.1, 0.15) is 34.5 Å². The zero-order valence-corrected chi connectivity index (χ0v) is 35.8. The maximum absolute atomic E-state index is 16.0. The van der Waals surface area contributed by atoms with Crippen LogP contribution in [0.15, 0.2) is 70.3 Å². The van der Waals surface area contributed by atoms with Crippen molar-refractivity contribution >= 4 is 90.8 Å². The van der Waals surface area contributed by atoms with Crippen molar-refractivity contribution in [3.8, 4) is 44.0 Å². The Morgan fingerprint density at radius 3 is 1.78 bits per heavy atom. The van der Waals surface area contributed by atoms with Crippen LogP contribution >= 0.6 is 69.1 Å². The van der Waals surface area contributed by atoms with E-state index in [1.54, 1.807) is 41.1 Å². The van der Waals surface area contributed by atoms with Crippen molar-refractivity contribution in [2.45, 2.75) is 55.6 Å². The third kappa shape index (κ3) is 8.22. The van der Waals surface area contributed by atoms with Crippen LogP contribution in [0.25, 0.3) is 44.2 Å². The summed E-state index contributed by atoms with van der Waals surface area (Å²) in [5, 5.41) is 12.8. The Hall–Kier alpha value is -3.73. The van der Waals surface area contributed by atoms with E-state index in [0.717, 1.165) is 52.5 Å². The first-order chi connectivity index (χ1) is 27.9. The van der Waals surface area contributed by atoms with E-state index in [4.69, 9.17) is 61.0 Å². The van der Waals surface area contributed by atoms with Crippen molar-refractivity contribution in [2.75, 3.05) is 13.2 Å². The molecule has 8 rings (SSSR count). The molecule has 6 aromatic rings. The van der Waals surface area contributed by atoms with Crippen LogP contribution in [-0.4, -0.2) is 45.7 Å². The quantitative estimate of drug-likeness (QED) is 0.0962. The molecule has 302 valence electrons. The normalized spacial score (nSPS) is 14.2. The van der Waals surface area contributed by atoms with Crippen LogP contribution in [0.5, 0.6) is 11.5 Å². The highest BCUT2D eigenvalue weighted by molar-refractivity contribution is 7.88. The van der Waals surface area contributed by atoms with E-state index in [-0.39, 0.29) is 39.4 Å². The van der Waals surface area contributed by atoms with Gasteiger partial charge in [0.05, 0.1) is 55.8 Å². The van der Waals surface area contributed by atoms with Gasteiger partial charge in [-0.3, -0.25) is 4.55 Å². The van der Waals surface area contributed by atoms with Crippen LogP contribution < -0.4 is 9.47 Å². The van der Waals surface area contributed by atoms with E-state index in [0.29, 0.717) is 74.9 Å². The molecular weight excluding hydrogens is 892 g/mol. The van der Waals surface area contributed by atoms with Gasteiger partial charge in [-0.2, -0.15) is 18.6 Å². The van der Waals surface area contributed by atoms with Gasteiger partial charge in [-0.05, 0) is 85.7 Å². The molecule has 0 bridgehead atoms. The molecule has 2 aliphatic heterocycles. The standard InChI is InChI=1S/C40H32Cl4F2N4O5S3/c41-22-9-11-30(26(43)19-22)49-37-24(13-16-54-32-15-18-56-39(32)37)35(47-49)28(45)7-5-3-1-2-4-6-8-29(46)36-25-14-17-55-33-21-34(58(51,52)53)57-40(33)38(25)50(48-36)31-12-10-23(42)20-27(31)44/h7-12,15,18-21H,1-6,13-14,16-17H2,(H,51,52,53). The van der Waals surface area contributed by atoms with E-state index in [1.807, 2.05) is 11.4 Å². The summed E-state index contributed by atoms with van der Waals surface area (Å²) in [5.41, 5.74) is 3.75. The predicted octanol–water partition coefficient (Wildman–Crippen LogP) is 12.9. The summed E-state index contributed by atoms with van der Waals surface area (Å²) in [6, 6.07) is 13.1. The number of hydrogen-bond acceptors (Lipinski definition) is 8. The highest BCUT2D eigenvalue weighted by atomic mass is 35.5. The van der Waals surface area contributed by atoms with E-state index < -0.39 is 21.8 Å². The maximum Gasteiger partial charge on any atom is 0.304 e. The molecular formula is C40H32Cl4F2N4O5S3. The second-order valence-corrected chi connectivity index (χ2v) is 18.8. The molecule has 0 unspecified atom stereocenters.